The van der Waals surface area contributed by atoms with Gasteiger partial charge in [0.15, 0.2) is 0 Å². The molecule has 0 bridgehead atoms. The van der Waals surface area contributed by atoms with Crippen LogP contribution < -0.4 is 5.32 Å². The molecule has 1 N–H and O–H groups in total. The Hall–Kier alpha value is 0.110. The quantitative estimate of drug-likeness (QED) is 0.688. The van der Waals surface area contributed by atoms with Crippen LogP contribution in [0.4, 0.5) is 0 Å². The second-order valence-corrected chi connectivity index (χ2v) is 5.69. The Labute approximate surface area is 76.6 Å². The van der Waals surface area contributed by atoms with E-state index in [1.54, 1.807) is 0 Å². The molecule has 12 heavy (non-hydrogen) atoms. The molecular formula is C9H17NOS. The van der Waals surface area contributed by atoms with Crippen LogP contribution in [0.3, 0.4) is 0 Å². The van der Waals surface area contributed by atoms with Gasteiger partial charge in [-0.15, -0.1) is 0 Å². The van der Waals surface area contributed by atoms with E-state index in [9.17, 15) is 4.21 Å². The summed E-state index contributed by atoms with van der Waals surface area (Å²) in [7, 11) is -0.519. The Morgan fingerprint density at radius 1 is 1.25 bits per heavy atom. The van der Waals surface area contributed by atoms with Gasteiger partial charge in [0.1, 0.15) is 0 Å². The summed E-state index contributed by atoms with van der Waals surface area (Å²) in [5.74, 6) is 3.56. The Kier molecular flexibility index (Phi) is 2.81. The molecule has 70 valence electrons. The largest absolute Gasteiger partial charge is 0.316 e. The van der Waals surface area contributed by atoms with Gasteiger partial charge in [-0.2, -0.15) is 0 Å². The maximum absolute atomic E-state index is 11.5. The van der Waals surface area contributed by atoms with Crippen molar-refractivity contribution in [2.24, 2.45) is 11.8 Å². The van der Waals surface area contributed by atoms with Crippen LogP contribution >= 0.6 is 0 Å². The van der Waals surface area contributed by atoms with Crippen LogP contribution in [0.15, 0.2) is 0 Å². The van der Waals surface area contributed by atoms with Crippen LogP contribution in [0, 0.1) is 11.8 Å². The average molecular weight is 187 g/mol. The van der Waals surface area contributed by atoms with Gasteiger partial charge in [0.2, 0.25) is 0 Å². The normalized spacial score (nSPS) is 26.7. The zero-order valence-electron chi connectivity index (χ0n) is 7.42. The third-order valence-corrected chi connectivity index (χ3v) is 4.27. The molecule has 0 amide bonds. The van der Waals surface area contributed by atoms with E-state index in [-0.39, 0.29) is 0 Å². The van der Waals surface area contributed by atoms with Crippen molar-refractivity contribution in [1.82, 2.24) is 5.32 Å². The predicted molar refractivity (Wildman–Crippen MR) is 51.6 cm³/mol. The van der Waals surface area contributed by atoms with E-state index in [1.807, 2.05) is 0 Å². The first kappa shape index (κ1) is 8.70. The SMILES string of the molecule is O=S(CCC1CC1)CC1CNC1. The van der Waals surface area contributed by atoms with Crippen molar-refractivity contribution in [3.05, 3.63) is 0 Å². The second-order valence-electron chi connectivity index (χ2n) is 4.07. The fraction of sp³-hybridized carbons (Fsp3) is 1.00. The molecule has 1 saturated heterocycles. The van der Waals surface area contributed by atoms with E-state index < -0.39 is 10.8 Å². The van der Waals surface area contributed by atoms with E-state index in [1.165, 1.54) is 19.3 Å². The standard InChI is InChI=1S/C9H17NOS/c11-12(4-3-8-1-2-8)7-9-5-10-6-9/h8-10H,1-7H2. The van der Waals surface area contributed by atoms with Crippen LogP contribution in [-0.4, -0.2) is 28.8 Å². The number of nitrogens with one attached hydrogen (secondary N) is 1. The summed E-state index contributed by atoms with van der Waals surface area (Å²) >= 11 is 0. The third-order valence-electron chi connectivity index (χ3n) is 2.74. The fourth-order valence-electron chi connectivity index (χ4n) is 1.52. The zero-order valence-corrected chi connectivity index (χ0v) is 8.24. The molecule has 0 radical (unpaired) electrons. The Morgan fingerprint density at radius 2 is 2.00 bits per heavy atom. The van der Waals surface area contributed by atoms with Gasteiger partial charge in [-0.1, -0.05) is 12.8 Å². The zero-order chi connectivity index (χ0) is 8.39. The molecule has 1 aliphatic carbocycles. The maximum atomic E-state index is 11.5. The summed E-state index contributed by atoms with van der Waals surface area (Å²) < 4.78 is 11.5. The molecule has 1 unspecified atom stereocenters. The molecule has 0 aromatic rings. The van der Waals surface area contributed by atoms with Gasteiger partial charge in [0.25, 0.3) is 0 Å². The summed E-state index contributed by atoms with van der Waals surface area (Å²) in [5, 5.41) is 3.21. The van der Waals surface area contributed by atoms with Crippen LogP contribution in [0.25, 0.3) is 0 Å². The Morgan fingerprint density at radius 3 is 2.50 bits per heavy atom. The summed E-state index contributed by atoms with van der Waals surface area (Å²) in [6.45, 7) is 2.18. The van der Waals surface area contributed by atoms with Crippen molar-refractivity contribution in [2.75, 3.05) is 24.6 Å². The Bertz CT molecular complexity index is 175. The molecule has 0 aromatic carbocycles. The minimum atomic E-state index is -0.519. The minimum absolute atomic E-state index is 0.519. The van der Waals surface area contributed by atoms with E-state index >= 15 is 0 Å². The summed E-state index contributed by atoms with van der Waals surface area (Å²) in [6, 6.07) is 0. The molecule has 1 atom stereocenters. The van der Waals surface area contributed by atoms with E-state index in [0.29, 0.717) is 5.92 Å². The van der Waals surface area contributed by atoms with Crippen molar-refractivity contribution in [3.8, 4) is 0 Å². The van der Waals surface area contributed by atoms with Gasteiger partial charge in [0.05, 0.1) is 0 Å². The second kappa shape index (κ2) is 3.88. The van der Waals surface area contributed by atoms with E-state index in [2.05, 4.69) is 5.32 Å². The highest BCUT2D eigenvalue weighted by molar-refractivity contribution is 7.84. The molecule has 0 aromatic heterocycles. The van der Waals surface area contributed by atoms with Crippen LogP contribution in [0.5, 0.6) is 0 Å². The summed E-state index contributed by atoms with van der Waals surface area (Å²) in [6.07, 6.45) is 4.00. The van der Waals surface area contributed by atoms with Crippen molar-refractivity contribution in [1.29, 1.82) is 0 Å². The first-order valence-electron chi connectivity index (χ1n) is 4.90. The van der Waals surface area contributed by atoms with Crippen LogP contribution in [0.2, 0.25) is 0 Å². The lowest BCUT2D eigenvalue weighted by atomic mass is 10.1. The van der Waals surface area contributed by atoms with Gasteiger partial charge >= 0.3 is 0 Å². The summed E-state index contributed by atoms with van der Waals surface area (Å²) in [4.78, 5) is 0. The van der Waals surface area contributed by atoms with Crippen LogP contribution in [0.1, 0.15) is 19.3 Å². The highest BCUT2D eigenvalue weighted by atomic mass is 32.2. The molecule has 2 aliphatic rings. The monoisotopic (exact) mass is 187 g/mol. The molecule has 1 aliphatic heterocycles. The van der Waals surface area contributed by atoms with Crippen molar-refractivity contribution in [3.63, 3.8) is 0 Å². The van der Waals surface area contributed by atoms with Gasteiger partial charge in [-0.3, -0.25) is 4.21 Å². The molecule has 1 saturated carbocycles. The van der Waals surface area contributed by atoms with Crippen molar-refractivity contribution in [2.45, 2.75) is 19.3 Å². The number of hydrogen-bond donors (Lipinski definition) is 1. The first-order chi connectivity index (χ1) is 5.84. The lowest BCUT2D eigenvalue weighted by molar-refractivity contribution is 0.382. The average Bonchev–Trinajstić information content (AvgIpc) is 2.76. The lowest BCUT2D eigenvalue weighted by Crippen LogP contribution is -2.44. The maximum Gasteiger partial charge on any atom is 0.0287 e. The predicted octanol–water partition coefficient (Wildman–Crippen LogP) is 0.755. The van der Waals surface area contributed by atoms with E-state index in [4.69, 9.17) is 0 Å². The third kappa shape index (κ3) is 2.56. The molecule has 0 spiro atoms. The van der Waals surface area contributed by atoms with Crippen LogP contribution in [-0.2, 0) is 10.8 Å². The molecule has 1 heterocycles. The lowest BCUT2D eigenvalue weighted by Gasteiger charge is -2.26. The molecule has 3 heteroatoms. The molecule has 2 fully saturated rings. The van der Waals surface area contributed by atoms with E-state index in [0.717, 1.165) is 30.5 Å². The Balaban J connectivity index is 1.56. The topological polar surface area (TPSA) is 29.1 Å². The molecule has 2 nitrogen and oxygen atoms in total. The number of hydrogen-bond acceptors (Lipinski definition) is 2. The van der Waals surface area contributed by atoms with Gasteiger partial charge in [0, 0.05) is 35.4 Å². The smallest absolute Gasteiger partial charge is 0.0287 e. The molecular weight excluding hydrogens is 170 g/mol. The van der Waals surface area contributed by atoms with Gasteiger partial charge in [-0.25, -0.2) is 0 Å². The first-order valence-corrected chi connectivity index (χ1v) is 6.39. The van der Waals surface area contributed by atoms with Crippen molar-refractivity contribution < 1.29 is 4.21 Å². The highest BCUT2D eigenvalue weighted by Crippen LogP contribution is 2.32. The number of rotatable bonds is 5. The van der Waals surface area contributed by atoms with Crippen molar-refractivity contribution >= 4 is 10.8 Å². The minimum Gasteiger partial charge on any atom is -0.316 e. The summed E-state index contributed by atoms with van der Waals surface area (Å²) in [5.41, 5.74) is 0. The molecule has 2 rings (SSSR count). The highest BCUT2D eigenvalue weighted by Gasteiger charge is 2.23. The van der Waals surface area contributed by atoms with Gasteiger partial charge < -0.3 is 5.32 Å². The van der Waals surface area contributed by atoms with Gasteiger partial charge in [-0.05, 0) is 18.3 Å². The fourth-order valence-corrected chi connectivity index (χ4v) is 3.04.